The van der Waals surface area contributed by atoms with Gasteiger partial charge in [-0.25, -0.2) is 4.98 Å². The molecule has 0 aliphatic carbocycles. The van der Waals surface area contributed by atoms with Crippen LogP contribution < -0.4 is 0 Å². The first-order valence-corrected chi connectivity index (χ1v) is 3.75. The number of hydrogen-bond donors (Lipinski definition) is 1. The topological polar surface area (TPSA) is 76.3 Å². The molecule has 0 aliphatic heterocycles. The maximum atomic E-state index is 10.2. The van der Waals surface area contributed by atoms with Gasteiger partial charge in [-0.1, -0.05) is 5.92 Å². The van der Waals surface area contributed by atoms with Crippen LogP contribution in [0.3, 0.4) is 0 Å². The van der Waals surface area contributed by atoms with E-state index in [1.54, 1.807) is 0 Å². The highest BCUT2D eigenvalue weighted by atomic mass is 32.1. The second kappa shape index (κ2) is 3.80. The molecule has 5 nitrogen and oxygen atoms in total. The lowest BCUT2D eigenvalue weighted by atomic mass is 10.6. The number of aliphatic hydroxyl groups is 1. The average molecular weight is 184 g/mol. The second-order valence-electron chi connectivity index (χ2n) is 1.72. The monoisotopic (exact) mass is 184 g/mol. The van der Waals surface area contributed by atoms with E-state index in [0.29, 0.717) is 5.01 Å². The third-order valence-corrected chi connectivity index (χ3v) is 1.81. The van der Waals surface area contributed by atoms with Crippen LogP contribution in [0.1, 0.15) is 5.01 Å². The summed E-state index contributed by atoms with van der Waals surface area (Å²) in [5.74, 6) is 4.82. The van der Waals surface area contributed by atoms with Gasteiger partial charge in [0.1, 0.15) is 12.8 Å². The summed E-state index contributed by atoms with van der Waals surface area (Å²) < 4.78 is 0. The van der Waals surface area contributed by atoms with Crippen molar-refractivity contribution in [2.75, 3.05) is 6.61 Å². The molecule has 0 spiro atoms. The zero-order valence-electron chi connectivity index (χ0n) is 5.85. The van der Waals surface area contributed by atoms with Crippen LogP contribution in [0.25, 0.3) is 0 Å². The van der Waals surface area contributed by atoms with Crippen molar-refractivity contribution >= 4 is 16.3 Å². The third-order valence-electron chi connectivity index (χ3n) is 0.948. The van der Waals surface area contributed by atoms with E-state index in [9.17, 15) is 10.1 Å². The Labute approximate surface area is 71.8 Å². The molecule has 1 N–H and O–H groups in total. The molecule has 6 heteroatoms. The van der Waals surface area contributed by atoms with Crippen LogP contribution in [0.4, 0.5) is 5.00 Å². The Morgan fingerprint density at radius 3 is 3.08 bits per heavy atom. The summed E-state index contributed by atoms with van der Waals surface area (Å²) in [4.78, 5) is 13.3. The molecule has 0 fully saturated rings. The van der Waals surface area contributed by atoms with Gasteiger partial charge in [-0.05, 0) is 17.3 Å². The lowest BCUT2D eigenvalue weighted by molar-refractivity contribution is -0.380. The minimum absolute atomic E-state index is 0.0442. The predicted octanol–water partition coefficient (Wildman–Crippen LogP) is 0.395. The Kier molecular flexibility index (Phi) is 2.74. The van der Waals surface area contributed by atoms with Gasteiger partial charge in [0.2, 0.25) is 0 Å². The third kappa shape index (κ3) is 2.02. The van der Waals surface area contributed by atoms with Gasteiger partial charge in [0.05, 0.1) is 4.92 Å². The Morgan fingerprint density at radius 1 is 1.83 bits per heavy atom. The molecule has 0 aromatic carbocycles. The smallest absolute Gasteiger partial charge is 0.344 e. The first kappa shape index (κ1) is 8.64. The minimum Gasteiger partial charge on any atom is -0.384 e. The fourth-order valence-electron chi connectivity index (χ4n) is 0.523. The summed E-state index contributed by atoms with van der Waals surface area (Å²) >= 11 is 0.886. The Balaban J connectivity index is 2.84. The van der Waals surface area contributed by atoms with Gasteiger partial charge in [0.15, 0.2) is 5.01 Å². The molecular weight excluding hydrogens is 180 g/mol. The first-order chi connectivity index (χ1) is 5.74. The molecule has 1 aromatic rings. The Morgan fingerprint density at radius 2 is 2.58 bits per heavy atom. The van der Waals surface area contributed by atoms with Crippen molar-refractivity contribution in [3.63, 3.8) is 0 Å². The molecule has 0 saturated heterocycles. The summed E-state index contributed by atoms with van der Waals surface area (Å²) in [5, 5.41) is 18.8. The lowest BCUT2D eigenvalue weighted by Crippen LogP contribution is -1.80. The molecular formula is C6H4N2O3S. The summed E-state index contributed by atoms with van der Waals surface area (Å²) in [5.41, 5.74) is 0. The van der Waals surface area contributed by atoms with E-state index in [1.165, 1.54) is 0 Å². The molecule has 1 heterocycles. The molecule has 0 aliphatic rings. The first-order valence-electron chi connectivity index (χ1n) is 2.94. The van der Waals surface area contributed by atoms with Crippen LogP contribution in [-0.2, 0) is 0 Å². The molecule has 0 radical (unpaired) electrons. The summed E-state index contributed by atoms with van der Waals surface area (Å²) in [6.45, 7) is -0.270. The highest BCUT2D eigenvalue weighted by Gasteiger charge is 2.09. The standard InChI is InChI=1S/C6H4N2O3S/c9-3-1-2-5-7-4-6(12-5)8(10)11/h4,9H,3H2. The Hall–Kier alpha value is -1.45. The van der Waals surface area contributed by atoms with Crippen molar-refractivity contribution in [3.8, 4) is 11.8 Å². The van der Waals surface area contributed by atoms with Gasteiger partial charge in [0, 0.05) is 0 Å². The number of aromatic nitrogens is 1. The SMILES string of the molecule is O=[N+]([O-])c1cnc(C#CCO)s1. The normalized spacial score (nSPS) is 8.75. The second-order valence-corrected chi connectivity index (χ2v) is 2.73. The zero-order valence-corrected chi connectivity index (χ0v) is 6.67. The van der Waals surface area contributed by atoms with E-state index >= 15 is 0 Å². The van der Waals surface area contributed by atoms with E-state index in [2.05, 4.69) is 16.8 Å². The van der Waals surface area contributed by atoms with E-state index in [1.807, 2.05) is 0 Å². The van der Waals surface area contributed by atoms with E-state index in [-0.39, 0.29) is 11.6 Å². The molecule has 0 amide bonds. The highest BCUT2D eigenvalue weighted by molar-refractivity contribution is 7.15. The van der Waals surface area contributed by atoms with Crippen LogP contribution in [-0.4, -0.2) is 21.6 Å². The number of nitrogens with zero attached hydrogens (tertiary/aromatic N) is 2. The van der Waals surface area contributed by atoms with Crippen LogP contribution >= 0.6 is 11.3 Å². The molecule has 62 valence electrons. The van der Waals surface area contributed by atoms with Gasteiger partial charge in [-0.2, -0.15) is 0 Å². The zero-order chi connectivity index (χ0) is 8.97. The van der Waals surface area contributed by atoms with Gasteiger partial charge in [-0.3, -0.25) is 10.1 Å². The van der Waals surface area contributed by atoms with Crippen molar-refractivity contribution in [3.05, 3.63) is 21.3 Å². The maximum absolute atomic E-state index is 10.2. The van der Waals surface area contributed by atoms with Gasteiger partial charge >= 0.3 is 5.00 Å². The molecule has 0 saturated carbocycles. The van der Waals surface area contributed by atoms with Crippen molar-refractivity contribution < 1.29 is 10.0 Å². The molecule has 1 rings (SSSR count). The van der Waals surface area contributed by atoms with E-state index in [0.717, 1.165) is 17.5 Å². The van der Waals surface area contributed by atoms with Crippen LogP contribution in [0.15, 0.2) is 6.20 Å². The van der Waals surface area contributed by atoms with Crippen LogP contribution in [0.5, 0.6) is 0 Å². The summed E-state index contributed by atoms with van der Waals surface area (Å²) in [6.07, 6.45) is 1.14. The fraction of sp³-hybridized carbons (Fsp3) is 0.167. The van der Waals surface area contributed by atoms with Gasteiger partial charge in [0.25, 0.3) is 0 Å². The number of aliphatic hydroxyl groups excluding tert-OH is 1. The largest absolute Gasteiger partial charge is 0.384 e. The Bertz CT molecular complexity index is 349. The number of nitro groups is 1. The van der Waals surface area contributed by atoms with Gasteiger partial charge in [-0.15, -0.1) is 0 Å². The average Bonchev–Trinajstić information content (AvgIpc) is 2.48. The number of rotatable bonds is 1. The van der Waals surface area contributed by atoms with Crippen molar-refractivity contribution in [2.45, 2.75) is 0 Å². The quantitative estimate of drug-likeness (QED) is 0.389. The minimum atomic E-state index is -0.526. The van der Waals surface area contributed by atoms with Crippen LogP contribution in [0, 0.1) is 22.0 Å². The molecule has 0 unspecified atom stereocenters. The summed E-state index contributed by atoms with van der Waals surface area (Å²) in [6, 6.07) is 0. The van der Waals surface area contributed by atoms with Gasteiger partial charge < -0.3 is 5.11 Å². The van der Waals surface area contributed by atoms with Crippen LogP contribution in [0.2, 0.25) is 0 Å². The predicted molar refractivity (Wildman–Crippen MR) is 42.7 cm³/mol. The summed E-state index contributed by atoms with van der Waals surface area (Å²) in [7, 11) is 0. The fourth-order valence-corrected chi connectivity index (χ4v) is 1.13. The number of thiazole rings is 1. The van der Waals surface area contributed by atoms with Crippen molar-refractivity contribution in [2.24, 2.45) is 0 Å². The molecule has 0 bridgehead atoms. The molecule has 12 heavy (non-hydrogen) atoms. The number of hydrogen-bond acceptors (Lipinski definition) is 5. The van der Waals surface area contributed by atoms with E-state index in [4.69, 9.17) is 5.11 Å². The molecule has 1 aromatic heterocycles. The van der Waals surface area contributed by atoms with E-state index < -0.39 is 4.92 Å². The maximum Gasteiger partial charge on any atom is 0.344 e. The lowest BCUT2D eigenvalue weighted by Gasteiger charge is -1.76. The van der Waals surface area contributed by atoms with Crippen molar-refractivity contribution in [1.29, 1.82) is 0 Å². The molecule has 0 atom stereocenters. The highest BCUT2D eigenvalue weighted by Crippen LogP contribution is 2.19. The van der Waals surface area contributed by atoms with Crippen molar-refractivity contribution in [1.82, 2.24) is 4.98 Å².